The fourth-order valence-electron chi connectivity index (χ4n) is 2.25. The van der Waals surface area contributed by atoms with Crippen LogP contribution in [0.3, 0.4) is 0 Å². The first-order valence-corrected chi connectivity index (χ1v) is 8.06. The Kier molecular flexibility index (Phi) is 5.82. The standard InChI is InChI=1S/C16H22BrN3O/c1-4-14-16(17)15(20(5-2)19-14)11-18-10-12-6-8-13(21-3)9-7-12/h6-9,18H,4-5,10-11H2,1-3H3. The van der Waals surface area contributed by atoms with Gasteiger partial charge in [0.2, 0.25) is 0 Å². The summed E-state index contributed by atoms with van der Waals surface area (Å²) in [6.07, 6.45) is 0.944. The van der Waals surface area contributed by atoms with E-state index in [1.54, 1.807) is 7.11 Å². The molecule has 0 amide bonds. The first kappa shape index (κ1) is 16.0. The van der Waals surface area contributed by atoms with Crippen molar-refractivity contribution in [2.45, 2.75) is 39.9 Å². The normalized spacial score (nSPS) is 10.9. The van der Waals surface area contributed by atoms with Gasteiger partial charge in [-0.05, 0) is 47.0 Å². The predicted molar refractivity (Wildman–Crippen MR) is 88.5 cm³/mol. The molecule has 0 fully saturated rings. The minimum Gasteiger partial charge on any atom is -0.497 e. The molecule has 0 bridgehead atoms. The topological polar surface area (TPSA) is 39.1 Å². The molecule has 1 aromatic heterocycles. The van der Waals surface area contributed by atoms with Crippen LogP contribution in [0.25, 0.3) is 0 Å². The second-order valence-corrected chi connectivity index (χ2v) is 5.62. The first-order valence-electron chi connectivity index (χ1n) is 7.27. The van der Waals surface area contributed by atoms with E-state index in [0.29, 0.717) is 0 Å². The number of ether oxygens (including phenoxy) is 1. The van der Waals surface area contributed by atoms with Crippen molar-refractivity contribution in [3.8, 4) is 5.75 Å². The molecule has 0 atom stereocenters. The lowest BCUT2D eigenvalue weighted by atomic mass is 10.2. The molecule has 0 spiro atoms. The minimum atomic E-state index is 0.799. The summed E-state index contributed by atoms with van der Waals surface area (Å²) < 4.78 is 8.36. The molecule has 114 valence electrons. The van der Waals surface area contributed by atoms with E-state index < -0.39 is 0 Å². The summed E-state index contributed by atoms with van der Waals surface area (Å²) in [4.78, 5) is 0. The van der Waals surface area contributed by atoms with Gasteiger partial charge < -0.3 is 10.1 Å². The molecule has 2 aromatic rings. The Morgan fingerprint density at radius 2 is 1.90 bits per heavy atom. The van der Waals surface area contributed by atoms with Crippen LogP contribution < -0.4 is 10.1 Å². The molecule has 1 heterocycles. The average Bonchev–Trinajstić information content (AvgIpc) is 2.84. The van der Waals surface area contributed by atoms with Crippen LogP contribution in [0.1, 0.15) is 30.8 Å². The van der Waals surface area contributed by atoms with E-state index in [2.05, 4.69) is 57.0 Å². The molecule has 0 unspecified atom stereocenters. The van der Waals surface area contributed by atoms with Gasteiger partial charge in [0, 0.05) is 19.6 Å². The van der Waals surface area contributed by atoms with Crippen LogP contribution in [-0.4, -0.2) is 16.9 Å². The molecular weight excluding hydrogens is 330 g/mol. The van der Waals surface area contributed by atoms with Crippen molar-refractivity contribution in [3.63, 3.8) is 0 Å². The molecule has 0 aliphatic heterocycles. The van der Waals surface area contributed by atoms with Crippen LogP contribution in [0.15, 0.2) is 28.7 Å². The second kappa shape index (κ2) is 7.61. The lowest BCUT2D eigenvalue weighted by Crippen LogP contribution is -2.16. The van der Waals surface area contributed by atoms with Crippen molar-refractivity contribution >= 4 is 15.9 Å². The Morgan fingerprint density at radius 1 is 1.19 bits per heavy atom. The Hall–Kier alpha value is -1.33. The van der Waals surface area contributed by atoms with Crippen molar-refractivity contribution in [1.82, 2.24) is 15.1 Å². The zero-order valence-corrected chi connectivity index (χ0v) is 14.4. The van der Waals surface area contributed by atoms with Gasteiger partial charge >= 0.3 is 0 Å². The lowest BCUT2D eigenvalue weighted by Gasteiger charge is -2.08. The van der Waals surface area contributed by atoms with E-state index in [1.165, 1.54) is 11.3 Å². The molecule has 2 rings (SSSR count). The molecular formula is C16H22BrN3O. The van der Waals surface area contributed by atoms with Crippen molar-refractivity contribution < 1.29 is 4.74 Å². The van der Waals surface area contributed by atoms with Crippen LogP contribution in [0.2, 0.25) is 0 Å². The molecule has 4 nitrogen and oxygen atoms in total. The maximum Gasteiger partial charge on any atom is 0.118 e. The molecule has 21 heavy (non-hydrogen) atoms. The molecule has 0 aliphatic carbocycles. The number of nitrogens with zero attached hydrogens (tertiary/aromatic N) is 2. The third-order valence-corrected chi connectivity index (χ3v) is 4.39. The Morgan fingerprint density at radius 3 is 2.48 bits per heavy atom. The molecule has 0 aliphatic rings. The van der Waals surface area contributed by atoms with Crippen molar-refractivity contribution in [1.29, 1.82) is 0 Å². The summed E-state index contributed by atoms with van der Waals surface area (Å²) >= 11 is 3.67. The quantitative estimate of drug-likeness (QED) is 0.829. The second-order valence-electron chi connectivity index (χ2n) is 4.83. The highest BCUT2D eigenvalue weighted by molar-refractivity contribution is 9.10. The molecule has 5 heteroatoms. The SMILES string of the molecule is CCc1nn(CC)c(CNCc2ccc(OC)cc2)c1Br. The Labute approximate surface area is 134 Å². The van der Waals surface area contributed by atoms with E-state index in [1.807, 2.05) is 12.1 Å². The average molecular weight is 352 g/mol. The van der Waals surface area contributed by atoms with E-state index in [9.17, 15) is 0 Å². The van der Waals surface area contributed by atoms with Gasteiger partial charge in [-0.25, -0.2) is 0 Å². The van der Waals surface area contributed by atoms with Crippen LogP contribution in [0, 0.1) is 0 Å². The van der Waals surface area contributed by atoms with E-state index in [0.717, 1.165) is 42.0 Å². The summed E-state index contributed by atoms with van der Waals surface area (Å²) in [5.74, 6) is 0.887. The van der Waals surface area contributed by atoms with Gasteiger partial charge in [0.05, 0.1) is 23.0 Å². The van der Waals surface area contributed by atoms with E-state index in [4.69, 9.17) is 4.74 Å². The lowest BCUT2D eigenvalue weighted by molar-refractivity contribution is 0.414. The number of methoxy groups -OCH3 is 1. The zero-order valence-electron chi connectivity index (χ0n) is 12.8. The van der Waals surface area contributed by atoms with Gasteiger partial charge in [-0.1, -0.05) is 19.1 Å². The third-order valence-electron chi connectivity index (χ3n) is 3.47. The number of hydrogen-bond acceptors (Lipinski definition) is 3. The highest BCUT2D eigenvalue weighted by atomic mass is 79.9. The van der Waals surface area contributed by atoms with Gasteiger partial charge in [-0.3, -0.25) is 4.68 Å². The van der Waals surface area contributed by atoms with E-state index in [-0.39, 0.29) is 0 Å². The fraction of sp³-hybridized carbons (Fsp3) is 0.438. The number of aryl methyl sites for hydroxylation is 2. The van der Waals surface area contributed by atoms with Gasteiger partial charge in [0.1, 0.15) is 5.75 Å². The molecule has 0 radical (unpaired) electrons. The van der Waals surface area contributed by atoms with Crippen LogP contribution in [0.5, 0.6) is 5.75 Å². The van der Waals surface area contributed by atoms with Crippen LogP contribution >= 0.6 is 15.9 Å². The maximum absolute atomic E-state index is 5.17. The summed E-state index contributed by atoms with van der Waals surface area (Å²) in [6.45, 7) is 6.76. The number of nitrogens with one attached hydrogen (secondary N) is 1. The number of hydrogen-bond donors (Lipinski definition) is 1. The molecule has 1 N–H and O–H groups in total. The predicted octanol–water partition coefficient (Wildman–Crippen LogP) is 3.53. The molecule has 1 aromatic carbocycles. The summed E-state index contributed by atoms with van der Waals surface area (Å²) in [7, 11) is 1.68. The number of rotatable bonds is 7. The van der Waals surface area contributed by atoms with Crippen molar-refractivity contribution in [2.75, 3.05) is 7.11 Å². The van der Waals surface area contributed by atoms with Crippen molar-refractivity contribution in [2.24, 2.45) is 0 Å². The van der Waals surface area contributed by atoms with Gasteiger partial charge in [-0.15, -0.1) is 0 Å². The smallest absolute Gasteiger partial charge is 0.118 e. The highest BCUT2D eigenvalue weighted by Crippen LogP contribution is 2.22. The minimum absolute atomic E-state index is 0.799. The summed E-state index contributed by atoms with van der Waals surface area (Å²) in [6, 6.07) is 8.13. The van der Waals surface area contributed by atoms with Crippen LogP contribution in [0.4, 0.5) is 0 Å². The highest BCUT2D eigenvalue weighted by Gasteiger charge is 2.13. The number of halogens is 1. The zero-order chi connectivity index (χ0) is 15.2. The monoisotopic (exact) mass is 351 g/mol. The molecule has 0 saturated heterocycles. The Bertz CT molecular complexity index is 578. The van der Waals surface area contributed by atoms with Crippen molar-refractivity contribution in [3.05, 3.63) is 45.7 Å². The van der Waals surface area contributed by atoms with E-state index >= 15 is 0 Å². The third kappa shape index (κ3) is 3.86. The summed E-state index contributed by atoms with van der Waals surface area (Å²) in [5.41, 5.74) is 3.58. The Balaban J connectivity index is 1.97. The first-order chi connectivity index (χ1) is 10.2. The number of benzene rings is 1. The largest absolute Gasteiger partial charge is 0.497 e. The maximum atomic E-state index is 5.17. The fourth-order valence-corrected chi connectivity index (χ4v) is 2.96. The summed E-state index contributed by atoms with van der Waals surface area (Å²) in [5, 5.41) is 8.09. The van der Waals surface area contributed by atoms with Gasteiger partial charge in [0.15, 0.2) is 0 Å². The van der Waals surface area contributed by atoms with Gasteiger partial charge in [0.25, 0.3) is 0 Å². The van der Waals surface area contributed by atoms with Gasteiger partial charge in [-0.2, -0.15) is 5.10 Å². The van der Waals surface area contributed by atoms with Crippen LogP contribution in [-0.2, 0) is 26.1 Å². The number of aromatic nitrogens is 2. The molecule has 0 saturated carbocycles.